The zero-order chi connectivity index (χ0) is 15.9. The van der Waals surface area contributed by atoms with E-state index in [1.807, 2.05) is 37.3 Å². The summed E-state index contributed by atoms with van der Waals surface area (Å²) in [7, 11) is 0. The minimum absolute atomic E-state index is 0.184. The second-order valence-electron chi connectivity index (χ2n) is 5.12. The van der Waals surface area contributed by atoms with Crippen molar-refractivity contribution in [2.75, 3.05) is 11.9 Å². The third kappa shape index (κ3) is 4.32. The number of nitrogens with one attached hydrogen (secondary N) is 1. The lowest BCUT2D eigenvalue weighted by atomic mass is 10.1. The third-order valence-electron chi connectivity index (χ3n) is 3.54. The van der Waals surface area contributed by atoms with Crippen molar-refractivity contribution in [2.45, 2.75) is 26.8 Å². The molecule has 3 nitrogen and oxygen atoms in total. The lowest BCUT2D eigenvalue weighted by Gasteiger charge is -2.21. The summed E-state index contributed by atoms with van der Waals surface area (Å²) in [6, 6.07) is 13.9. The summed E-state index contributed by atoms with van der Waals surface area (Å²) >= 11 is 0. The number of urea groups is 1. The van der Waals surface area contributed by atoms with Crippen LogP contribution in [0, 0.1) is 5.82 Å². The quantitative estimate of drug-likeness (QED) is 0.869. The van der Waals surface area contributed by atoms with Gasteiger partial charge < -0.3 is 10.2 Å². The molecule has 0 unspecified atom stereocenters. The minimum atomic E-state index is -0.288. The topological polar surface area (TPSA) is 32.3 Å². The maximum atomic E-state index is 13.2. The van der Waals surface area contributed by atoms with Crippen LogP contribution in [0.1, 0.15) is 25.0 Å². The lowest BCUT2D eigenvalue weighted by Crippen LogP contribution is -2.34. The molecule has 2 rings (SSSR count). The van der Waals surface area contributed by atoms with E-state index in [1.165, 1.54) is 17.7 Å². The number of nitrogens with zero attached hydrogens (tertiary/aromatic N) is 1. The number of anilines is 1. The Kier molecular flexibility index (Phi) is 5.53. The Morgan fingerprint density at radius 1 is 1.09 bits per heavy atom. The second kappa shape index (κ2) is 7.59. The average molecular weight is 300 g/mol. The van der Waals surface area contributed by atoms with Crippen molar-refractivity contribution in [1.82, 2.24) is 4.90 Å². The van der Waals surface area contributed by atoms with Gasteiger partial charge in [-0.05, 0) is 48.7 Å². The molecule has 0 saturated heterocycles. The van der Waals surface area contributed by atoms with E-state index in [-0.39, 0.29) is 11.8 Å². The van der Waals surface area contributed by atoms with Crippen LogP contribution in [0.25, 0.3) is 0 Å². The highest BCUT2D eigenvalue weighted by Gasteiger charge is 2.12. The zero-order valence-electron chi connectivity index (χ0n) is 13.0. The smallest absolute Gasteiger partial charge is 0.320 e. The molecule has 22 heavy (non-hydrogen) atoms. The first-order valence-electron chi connectivity index (χ1n) is 7.51. The van der Waals surface area contributed by atoms with Crippen molar-refractivity contribution >= 4 is 11.7 Å². The molecule has 0 radical (unpaired) electrons. The first-order valence-corrected chi connectivity index (χ1v) is 7.51. The molecule has 4 heteroatoms. The van der Waals surface area contributed by atoms with E-state index in [0.29, 0.717) is 13.1 Å². The number of benzene rings is 2. The van der Waals surface area contributed by atoms with Crippen LogP contribution in [0.4, 0.5) is 14.9 Å². The molecule has 2 amide bonds. The highest BCUT2D eigenvalue weighted by molar-refractivity contribution is 5.89. The number of hydrogen-bond acceptors (Lipinski definition) is 1. The minimum Gasteiger partial charge on any atom is -0.320 e. The number of rotatable bonds is 5. The van der Waals surface area contributed by atoms with Crippen molar-refractivity contribution in [2.24, 2.45) is 0 Å². The Labute approximate surface area is 130 Å². The molecular weight excluding hydrogens is 279 g/mol. The van der Waals surface area contributed by atoms with Crippen LogP contribution in [-0.4, -0.2) is 17.5 Å². The molecule has 0 aliphatic rings. The van der Waals surface area contributed by atoms with Crippen LogP contribution in [0.5, 0.6) is 0 Å². The summed E-state index contributed by atoms with van der Waals surface area (Å²) in [5.74, 6) is -0.288. The normalized spacial score (nSPS) is 10.3. The van der Waals surface area contributed by atoms with Gasteiger partial charge in [0.15, 0.2) is 0 Å². The summed E-state index contributed by atoms with van der Waals surface area (Å²) in [4.78, 5) is 13.9. The monoisotopic (exact) mass is 300 g/mol. The van der Waals surface area contributed by atoms with Gasteiger partial charge in [0, 0.05) is 18.8 Å². The van der Waals surface area contributed by atoms with Gasteiger partial charge in [-0.2, -0.15) is 0 Å². The van der Waals surface area contributed by atoms with Crippen molar-refractivity contribution in [3.05, 3.63) is 65.5 Å². The summed E-state index contributed by atoms with van der Waals surface area (Å²) in [6.45, 7) is 4.92. The van der Waals surface area contributed by atoms with Crippen molar-refractivity contribution in [3.8, 4) is 0 Å². The number of carbonyl (C=O) groups is 1. The fraction of sp³-hybridized carbons (Fsp3) is 0.278. The summed E-state index contributed by atoms with van der Waals surface area (Å²) in [5, 5.41) is 2.87. The molecule has 0 aromatic heterocycles. The molecular formula is C18H21FN2O. The Morgan fingerprint density at radius 2 is 1.82 bits per heavy atom. The van der Waals surface area contributed by atoms with Gasteiger partial charge in [-0.25, -0.2) is 9.18 Å². The molecule has 0 saturated carbocycles. The number of amides is 2. The van der Waals surface area contributed by atoms with Crippen molar-refractivity contribution < 1.29 is 9.18 Å². The maximum Gasteiger partial charge on any atom is 0.322 e. The molecule has 2 aromatic carbocycles. The summed E-state index contributed by atoms with van der Waals surface area (Å²) in [6.07, 6.45) is 0.967. The van der Waals surface area contributed by atoms with Gasteiger partial charge in [0.25, 0.3) is 0 Å². The highest BCUT2D eigenvalue weighted by Crippen LogP contribution is 2.12. The molecule has 0 bridgehead atoms. The standard InChI is InChI=1S/C18H21FN2O/c1-3-14-8-10-17(11-9-14)20-18(22)21(4-2)13-15-6-5-7-16(19)12-15/h5-12H,3-4,13H2,1-2H3,(H,20,22). The van der Waals surface area contributed by atoms with Gasteiger partial charge in [0.05, 0.1) is 0 Å². The van der Waals surface area contributed by atoms with Crippen LogP contribution in [0.3, 0.4) is 0 Å². The molecule has 0 aliphatic carbocycles. The highest BCUT2D eigenvalue weighted by atomic mass is 19.1. The van der Waals surface area contributed by atoms with E-state index in [1.54, 1.807) is 11.0 Å². The second-order valence-corrected chi connectivity index (χ2v) is 5.12. The van der Waals surface area contributed by atoms with Gasteiger partial charge in [-0.15, -0.1) is 0 Å². The average Bonchev–Trinajstić information content (AvgIpc) is 2.53. The van der Waals surface area contributed by atoms with Crippen LogP contribution >= 0.6 is 0 Å². The molecule has 0 spiro atoms. The van der Waals surface area contributed by atoms with Crippen molar-refractivity contribution in [3.63, 3.8) is 0 Å². The number of carbonyl (C=O) groups excluding carboxylic acids is 1. The van der Waals surface area contributed by atoms with Gasteiger partial charge in [0.1, 0.15) is 5.82 Å². The van der Waals surface area contributed by atoms with Gasteiger partial charge in [-0.1, -0.05) is 31.2 Å². The first-order chi connectivity index (χ1) is 10.6. The zero-order valence-corrected chi connectivity index (χ0v) is 13.0. The Morgan fingerprint density at radius 3 is 2.41 bits per heavy atom. The maximum absolute atomic E-state index is 13.2. The molecule has 0 fully saturated rings. The van der Waals surface area contributed by atoms with Crippen LogP contribution in [0.15, 0.2) is 48.5 Å². The fourth-order valence-electron chi connectivity index (χ4n) is 2.21. The predicted molar refractivity (Wildman–Crippen MR) is 87.3 cm³/mol. The largest absolute Gasteiger partial charge is 0.322 e. The molecule has 116 valence electrons. The Bertz CT molecular complexity index is 625. The molecule has 2 aromatic rings. The van der Waals surface area contributed by atoms with E-state index in [9.17, 15) is 9.18 Å². The summed E-state index contributed by atoms with van der Waals surface area (Å²) < 4.78 is 13.2. The fourth-order valence-corrected chi connectivity index (χ4v) is 2.21. The van der Waals surface area contributed by atoms with E-state index in [2.05, 4.69) is 12.2 Å². The number of halogens is 1. The number of hydrogen-bond donors (Lipinski definition) is 1. The third-order valence-corrected chi connectivity index (χ3v) is 3.54. The van der Waals surface area contributed by atoms with Gasteiger partial charge >= 0.3 is 6.03 Å². The Balaban J connectivity index is 2.01. The van der Waals surface area contributed by atoms with Gasteiger partial charge in [0.2, 0.25) is 0 Å². The SMILES string of the molecule is CCc1ccc(NC(=O)N(CC)Cc2cccc(F)c2)cc1. The van der Waals surface area contributed by atoms with Crippen molar-refractivity contribution in [1.29, 1.82) is 0 Å². The van der Waals surface area contributed by atoms with Crippen LogP contribution < -0.4 is 5.32 Å². The first kappa shape index (κ1) is 16.0. The molecule has 0 atom stereocenters. The Hall–Kier alpha value is -2.36. The van der Waals surface area contributed by atoms with E-state index in [0.717, 1.165) is 17.7 Å². The van der Waals surface area contributed by atoms with E-state index >= 15 is 0 Å². The summed E-state index contributed by atoms with van der Waals surface area (Å²) in [5.41, 5.74) is 2.77. The van der Waals surface area contributed by atoms with Gasteiger partial charge in [-0.3, -0.25) is 0 Å². The molecule has 0 aliphatic heterocycles. The van der Waals surface area contributed by atoms with Crippen LogP contribution in [0.2, 0.25) is 0 Å². The predicted octanol–water partition coefficient (Wildman–Crippen LogP) is 4.44. The molecule has 1 N–H and O–H groups in total. The van der Waals surface area contributed by atoms with E-state index < -0.39 is 0 Å². The molecule has 0 heterocycles. The van der Waals surface area contributed by atoms with Crippen LogP contribution in [-0.2, 0) is 13.0 Å². The van der Waals surface area contributed by atoms with E-state index in [4.69, 9.17) is 0 Å². The number of aryl methyl sites for hydroxylation is 1. The lowest BCUT2D eigenvalue weighted by molar-refractivity contribution is 0.212.